The average molecular weight is 346 g/mol. The first-order chi connectivity index (χ1) is 12.7. The van der Waals surface area contributed by atoms with Crippen molar-refractivity contribution in [2.45, 2.75) is 0 Å². The Kier molecular flexibility index (Phi) is 5.41. The van der Waals surface area contributed by atoms with Gasteiger partial charge >= 0.3 is 5.97 Å². The molecule has 0 heterocycles. The summed E-state index contributed by atoms with van der Waals surface area (Å²) in [6, 6.07) is 22.6. The number of nitrogens with zero attached hydrogens (tertiary/aromatic N) is 4. The van der Waals surface area contributed by atoms with Crippen LogP contribution in [0, 0.1) is 0 Å². The molecule has 0 saturated carbocycles. The molecular formula is C19H14N4O3. The number of benzene rings is 3. The summed E-state index contributed by atoms with van der Waals surface area (Å²) in [5.41, 5.74) is 1.36. The molecule has 3 aromatic carbocycles. The molecule has 0 unspecified atom stereocenters. The molecule has 0 bridgehead atoms. The third kappa shape index (κ3) is 4.35. The summed E-state index contributed by atoms with van der Waals surface area (Å²) >= 11 is 0. The van der Waals surface area contributed by atoms with Crippen molar-refractivity contribution in [1.82, 2.24) is 0 Å². The molecule has 0 aromatic heterocycles. The Morgan fingerprint density at radius 1 is 0.731 bits per heavy atom. The predicted molar refractivity (Wildman–Crippen MR) is 95.6 cm³/mol. The van der Waals surface area contributed by atoms with Crippen LogP contribution in [0.15, 0.2) is 99.5 Å². The van der Waals surface area contributed by atoms with E-state index >= 15 is 0 Å². The molecule has 128 valence electrons. The predicted octanol–water partition coefficient (Wildman–Crippen LogP) is 5.88. The number of rotatable bonds is 6. The molecule has 0 aliphatic carbocycles. The minimum absolute atomic E-state index is 0.0284. The van der Waals surface area contributed by atoms with E-state index in [2.05, 4.69) is 20.6 Å². The molecule has 3 rings (SSSR count). The number of hydrogen-bond acceptors (Lipinski definition) is 6. The average Bonchev–Trinajstić information content (AvgIpc) is 2.68. The van der Waals surface area contributed by atoms with Crippen molar-refractivity contribution in [1.29, 1.82) is 0 Å². The van der Waals surface area contributed by atoms with Gasteiger partial charge in [-0.1, -0.05) is 42.5 Å². The quantitative estimate of drug-likeness (QED) is 0.446. The number of carboxylic acid groups (broad SMARTS) is 1. The van der Waals surface area contributed by atoms with E-state index in [9.17, 15) is 9.90 Å². The van der Waals surface area contributed by atoms with Crippen LogP contribution in [-0.4, -0.2) is 11.1 Å². The van der Waals surface area contributed by atoms with Crippen molar-refractivity contribution in [3.8, 4) is 5.75 Å². The van der Waals surface area contributed by atoms with Gasteiger partial charge in [0.1, 0.15) is 11.3 Å². The lowest BCUT2D eigenvalue weighted by Gasteiger charge is -2.05. The lowest BCUT2D eigenvalue weighted by atomic mass is 10.2. The van der Waals surface area contributed by atoms with Gasteiger partial charge in [-0.2, -0.15) is 5.11 Å². The topological polar surface area (TPSA) is 96.0 Å². The Balaban J connectivity index is 1.89. The molecule has 0 saturated heterocycles. The maximum atomic E-state index is 11.5. The minimum Gasteiger partial charge on any atom is -0.478 e. The van der Waals surface area contributed by atoms with E-state index < -0.39 is 5.97 Å². The van der Waals surface area contributed by atoms with Gasteiger partial charge in [-0.15, -0.1) is 10.2 Å². The Labute approximate surface area is 149 Å². The second kappa shape index (κ2) is 8.29. The number of carboxylic acids is 1. The van der Waals surface area contributed by atoms with Crippen molar-refractivity contribution in [3.63, 3.8) is 0 Å². The molecule has 3 aromatic rings. The normalized spacial score (nSPS) is 11.1. The second-order valence-electron chi connectivity index (χ2n) is 5.10. The summed E-state index contributed by atoms with van der Waals surface area (Å²) in [6.07, 6.45) is 0. The first-order valence-electron chi connectivity index (χ1n) is 7.70. The van der Waals surface area contributed by atoms with Gasteiger partial charge in [-0.3, -0.25) is 0 Å². The van der Waals surface area contributed by atoms with Gasteiger partial charge in [-0.05, 0) is 36.4 Å². The maximum Gasteiger partial charge on any atom is 0.339 e. The Morgan fingerprint density at radius 3 is 1.96 bits per heavy atom. The summed E-state index contributed by atoms with van der Waals surface area (Å²) in [4.78, 5) is 16.7. The van der Waals surface area contributed by atoms with Crippen LogP contribution < -0.4 is 4.84 Å². The Hall–Kier alpha value is -3.87. The summed E-state index contributed by atoms with van der Waals surface area (Å²) < 4.78 is 0. The fourth-order valence-corrected chi connectivity index (χ4v) is 2.08. The minimum atomic E-state index is -1.16. The summed E-state index contributed by atoms with van der Waals surface area (Å²) in [5, 5.41) is 25.1. The number of para-hydroxylation sites is 1. The van der Waals surface area contributed by atoms with Crippen molar-refractivity contribution in [2.24, 2.45) is 20.6 Å². The highest BCUT2D eigenvalue weighted by molar-refractivity contribution is 5.93. The Bertz CT molecular complexity index is 942. The fraction of sp³-hybridized carbons (Fsp3) is 0. The van der Waals surface area contributed by atoms with Crippen molar-refractivity contribution >= 4 is 23.0 Å². The van der Waals surface area contributed by atoms with E-state index in [0.717, 1.165) is 0 Å². The maximum absolute atomic E-state index is 11.5. The number of azo groups is 1. The summed E-state index contributed by atoms with van der Waals surface area (Å²) in [5.74, 6) is -1.19. The van der Waals surface area contributed by atoms with E-state index in [1.54, 1.807) is 48.5 Å². The molecule has 0 amide bonds. The molecule has 0 aliphatic rings. The number of hydrogen-bond donors (Lipinski definition) is 1. The molecule has 0 radical (unpaired) electrons. The van der Waals surface area contributed by atoms with Gasteiger partial charge in [-0.25, -0.2) is 4.79 Å². The largest absolute Gasteiger partial charge is 0.478 e. The van der Waals surface area contributed by atoms with E-state index in [4.69, 9.17) is 4.84 Å². The second-order valence-corrected chi connectivity index (χ2v) is 5.10. The fourth-order valence-electron chi connectivity index (χ4n) is 2.08. The van der Waals surface area contributed by atoms with Crippen molar-refractivity contribution < 1.29 is 14.7 Å². The van der Waals surface area contributed by atoms with Crippen LogP contribution in [0.2, 0.25) is 0 Å². The van der Waals surface area contributed by atoms with Crippen molar-refractivity contribution in [3.05, 3.63) is 84.4 Å². The monoisotopic (exact) mass is 346 g/mol. The smallest absolute Gasteiger partial charge is 0.339 e. The number of aromatic carboxylic acids is 1. The summed E-state index contributed by atoms with van der Waals surface area (Å²) in [7, 11) is 0. The van der Waals surface area contributed by atoms with E-state index in [-0.39, 0.29) is 17.0 Å². The number of carbonyl (C=O) groups is 1. The van der Waals surface area contributed by atoms with Crippen LogP contribution in [-0.2, 0) is 0 Å². The highest BCUT2D eigenvalue weighted by atomic mass is 16.6. The molecule has 0 aliphatic heterocycles. The van der Waals surface area contributed by atoms with Gasteiger partial charge < -0.3 is 9.94 Å². The van der Waals surface area contributed by atoms with E-state index in [1.807, 2.05) is 24.3 Å². The van der Waals surface area contributed by atoms with Gasteiger partial charge in [0.2, 0.25) is 5.75 Å². The molecule has 7 heteroatoms. The van der Waals surface area contributed by atoms with Gasteiger partial charge in [0.25, 0.3) is 0 Å². The molecule has 0 spiro atoms. The van der Waals surface area contributed by atoms with E-state index in [1.165, 1.54) is 6.07 Å². The van der Waals surface area contributed by atoms with Crippen LogP contribution in [0.1, 0.15) is 10.4 Å². The van der Waals surface area contributed by atoms with Gasteiger partial charge in [0.15, 0.2) is 0 Å². The van der Waals surface area contributed by atoms with Gasteiger partial charge in [0, 0.05) is 5.28 Å². The zero-order chi connectivity index (χ0) is 18.2. The molecule has 26 heavy (non-hydrogen) atoms. The lowest BCUT2D eigenvalue weighted by molar-refractivity contribution is 0.0692. The molecular weight excluding hydrogens is 332 g/mol. The van der Waals surface area contributed by atoms with Crippen LogP contribution in [0.25, 0.3) is 0 Å². The molecule has 1 N–H and O–H groups in total. The van der Waals surface area contributed by atoms with Crippen LogP contribution in [0.4, 0.5) is 17.1 Å². The third-order valence-electron chi connectivity index (χ3n) is 3.30. The van der Waals surface area contributed by atoms with E-state index in [0.29, 0.717) is 11.4 Å². The third-order valence-corrected chi connectivity index (χ3v) is 3.30. The summed E-state index contributed by atoms with van der Waals surface area (Å²) in [6.45, 7) is 0. The Morgan fingerprint density at radius 2 is 1.35 bits per heavy atom. The zero-order valence-corrected chi connectivity index (χ0v) is 13.6. The lowest BCUT2D eigenvalue weighted by Crippen LogP contribution is -1.99. The standard InChI is InChI=1S/C19H14N4O3/c24-19(25)16-12-7-13-17(22-20-14-8-3-1-4-9-14)18(16)26-23-21-15-10-5-2-6-11-15/h1-13H,(H,24,25). The SMILES string of the molecule is O=C(O)c1cccc(N=Nc2ccccc2)c1ON=Nc1ccccc1. The molecule has 7 nitrogen and oxygen atoms in total. The van der Waals surface area contributed by atoms with Crippen LogP contribution in [0.3, 0.4) is 0 Å². The molecule has 0 fully saturated rings. The van der Waals surface area contributed by atoms with Gasteiger partial charge in [0.05, 0.1) is 11.4 Å². The van der Waals surface area contributed by atoms with Crippen molar-refractivity contribution in [2.75, 3.05) is 0 Å². The first-order valence-corrected chi connectivity index (χ1v) is 7.70. The molecule has 0 atom stereocenters. The highest BCUT2D eigenvalue weighted by Crippen LogP contribution is 2.33. The van der Waals surface area contributed by atoms with Crippen LogP contribution >= 0.6 is 0 Å². The van der Waals surface area contributed by atoms with Crippen LogP contribution in [0.5, 0.6) is 5.75 Å². The first kappa shape index (κ1) is 17.0. The zero-order valence-electron chi connectivity index (χ0n) is 13.6. The highest BCUT2D eigenvalue weighted by Gasteiger charge is 2.16.